The first kappa shape index (κ1) is 15.6. The van der Waals surface area contributed by atoms with Crippen molar-refractivity contribution in [1.82, 2.24) is 0 Å². The molecule has 0 bridgehead atoms. The lowest BCUT2D eigenvalue weighted by molar-refractivity contribution is 0.599. The number of aryl methyl sites for hydroxylation is 1. The summed E-state index contributed by atoms with van der Waals surface area (Å²) in [5.74, 6) is 0.157. The summed E-state index contributed by atoms with van der Waals surface area (Å²) in [6.07, 6.45) is 0.610. The third-order valence-electron chi connectivity index (χ3n) is 3.01. The molecule has 0 saturated carbocycles. The minimum Gasteiger partial charge on any atom is -0.283 e. The van der Waals surface area contributed by atoms with Gasteiger partial charge in [0, 0.05) is 6.54 Å². The van der Waals surface area contributed by atoms with Crippen molar-refractivity contribution in [2.45, 2.75) is 13.3 Å². The molecule has 112 valence electrons. The van der Waals surface area contributed by atoms with Gasteiger partial charge in [-0.2, -0.15) is 0 Å². The maximum Gasteiger partial charge on any atom is 0.242 e. The molecule has 0 aromatic heterocycles. The van der Waals surface area contributed by atoms with E-state index in [2.05, 4.69) is 20.7 Å². The van der Waals surface area contributed by atoms with Gasteiger partial charge >= 0.3 is 0 Å². The van der Waals surface area contributed by atoms with Gasteiger partial charge < -0.3 is 0 Å². The maximum absolute atomic E-state index is 11.8. The summed E-state index contributed by atoms with van der Waals surface area (Å²) in [6, 6.07) is 4.87. The van der Waals surface area contributed by atoms with E-state index in [9.17, 15) is 16.8 Å². The van der Waals surface area contributed by atoms with E-state index in [0.717, 1.165) is 0 Å². The number of hydrogen-bond acceptors (Lipinski definition) is 4. The van der Waals surface area contributed by atoms with Crippen molar-refractivity contribution in [3.8, 4) is 0 Å². The molecule has 1 aliphatic rings. The average molecular weight is 383 g/mol. The number of rotatable bonds is 4. The van der Waals surface area contributed by atoms with E-state index in [4.69, 9.17) is 0 Å². The quantitative estimate of drug-likeness (QED) is 0.802. The van der Waals surface area contributed by atoms with Gasteiger partial charge in [0.15, 0.2) is 0 Å². The lowest BCUT2D eigenvalue weighted by atomic mass is 10.2. The van der Waals surface area contributed by atoms with Crippen LogP contribution in [-0.2, 0) is 20.0 Å². The van der Waals surface area contributed by atoms with E-state index >= 15 is 0 Å². The molecular weight excluding hydrogens is 368 g/mol. The summed E-state index contributed by atoms with van der Waals surface area (Å²) >= 11 is 2.90. The Morgan fingerprint density at radius 2 is 2.10 bits per heavy atom. The lowest BCUT2D eigenvalue weighted by Crippen LogP contribution is -2.25. The second-order valence-corrected chi connectivity index (χ2v) is 9.61. The van der Waals surface area contributed by atoms with Crippen molar-refractivity contribution in [2.75, 3.05) is 26.0 Å². The number of halogens is 1. The van der Waals surface area contributed by atoms with Crippen molar-refractivity contribution in [3.63, 3.8) is 0 Å². The Labute approximate surface area is 127 Å². The van der Waals surface area contributed by atoms with Crippen molar-refractivity contribution in [3.05, 3.63) is 23.8 Å². The highest BCUT2D eigenvalue weighted by Gasteiger charge is 2.28. The smallest absolute Gasteiger partial charge is 0.242 e. The molecule has 1 aliphatic heterocycles. The SMILES string of the molecule is Cc1cc(N2CCCS2(=O)=O)ccc1NS(=O)(=O)CBr. The van der Waals surface area contributed by atoms with Crippen LogP contribution in [0.15, 0.2) is 18.2 Å². The zero-order valence-electron chi connectivity index (χ0n) is 10.8. The van der Waals surface area contributed by atoms with E-state index in [1.54, 1.807) is 25.1 Å². The standard InChI is InChI=1S/C11H15BrN2O4S2/c1-9-7-10(14-5-2-6-20(14,17)18)3-4-11(9)13-19(15,16)8-12/h3-4,7,13H,2,5-6,8H2,1H3. The predicted molar refractivity (Wildman–Crippen MR) is 83.3 cm³/mol. The number of anilines is 2. The molecule has 0 spiro atoms. The summed E-state index contributed by atoms with van der Waals surface area (Å²) in [4.78, 5) is 0. The summed E-state index contributed by atoms with van der Waals surface area (Å²) in [5.41, 5.74) is 1.70. The fraction of sp³-hybridized carbons (Fsp3) is 0.455. The molecule has 6 nitrogen and oxygen atoms in total. The van der Waals surface area contributed by atoms with Crippen LogP contribution < -0.4 is 9.03 Å². The molecule has 0 radical (unpaired) electrons. The summed E-state index contributed by atoms with van der Waals surface area (Å²) in [5, 5.41) is 0. The first-order valence-electron chi connectivity index (χ1n) is 5.93. The zero-order chi connectivity index (χ0) is 15.0. The highest BCUT2D eigenvalue weighted by atomic mass is 79.9. The van der Waals surface area contributed by atoms with Crippen LogP contribution in [0.1, 0.15) is 12.0 Å². The fourth-order valence-electron chi connectivity index (χ4n) is 2.04. The first-order valence-corrected chi connectivity index (χ1v) is 10.3. The third-order valence-corrected chi connectivity index (χ3v) is 7.50. The molecule has 20 heavy (non-hydrogen) atoms. The summed E-state index contributed by atoms with van der Waals surface area (Å²) in [6.45, 7) is 2.20. The van der Waals surface area contributed by atoms with Crippen molar-refractivity contribution >= 4 is 47.4 Å². The Kier molecular flexibility index (Phi) is 4.31. The molecule has 0 amide bonds. The minimum absolute atomic E-state index is 0.157. The van der Waals surface area contributed by atoms with Gasteiger partial charge in [0.05, 0.1) is 17.1 Å². The topological polar surface area (TPSA) is 83.6 Å². The molecule has 0 atom stereocenters. The third kappa shape index (κ3) is 3.26. The number of hydrogen-bond donors (Lipinski definition) is 1. The summed E-state index contributed by atoms with van der Waals surface area (Å²) < 4.78 is 50.3. The van der Waals surface area contributed by atoms with E-state index < -0.39 is 20.0 Å². The van der Waals surface area contributed by atoms with Crippen LogP contribution >= 0.6 is 15.9 Å². The Balaban J connectivity index is 2.31. The van der Waals surface area contributed by atoms with Crippen molar-refractivity contribution < 1.29 is 16.8 Å². The Morgan fingerprint density at radius 3 is 2.60 bits per heavy atom. The molecule has 9 heteroatoms. The molecule has 1 aromatic carbocycles. The van der Waals surface area contributed by atoms with Crippen molar-refractivity contribution in [2.24, 2.45) is 0 Å². The normalized spacial score (nSPS) is 18.2. The van der Waals surface area contributed by atoms with Crippen LogP contribution in [0.3, 0.4) is 0 Å². The molecule has 1 aromatic rings. The molecule has 1 N–H and O–H groups in total. The fourth-order valence-corrected chi connectivity index (χ4v) is 4.56. The van der Waals surface area contributed by atoms with Crippen LogP contribution in [-0.4, -0.2) is 33.8 Å². The highest BCUT2D eigenvalue weighted by molar-refractivity contribution is 9.10. The number of nitrogens with zero attached hydrogens (tertiary/aromatic N) is 1. The van der Waals surface area contributed by atoms with Crippen LogP contribution in [0, 0.1) is 6.92 Å². The maximum atomic E-state index is 11.8. The Bertz CT molecular complexity index is 716. The lowest BCUT2D eigenvalue weighted by Gasteiger charge is -2.18. The van der Waals surface area contributed by atoms with Gasteiger partial charge in [-0.15, -0.1) is 0 Å². The van der Waals surface area contributed by atoms with E-state index in [1.807, 2.05) is 0 Å². The van der Waals surface area contributed by atoms with Gasteiger partial charge in [0.25, 0.3) is 0 Å². The number of alkyl halides is 1. The molecular formula is C11H15BrN2O4S2. The molecule has 0 unspecified atom stereocenters. The second kappa shape index (κ2) is 5.53. The number of benzene rings is 1. The molecule has 0 aliphatic carbocycles. The van der Waals surface area contributed by atoms with Crippen molar-refractivity contribution in [1.29, 1.82) is 0 Å². The molecule has 1 saturated heterocycles. The highest BCUT2D eigenvalue weighted by Crippen LogP contribution is 2.28. The largest absolute Gasteiger partial charge is 0.283 e. The Hall–Kier alpha value is -0.800. The van der Waals surface area contributed by atoms with Gasteiger partial charge in [-0.05, 0) is 37.1 Å². The molecule has 2 rings (SSSR count). The minimum atomic E-state index is -3.41. The van der Waals surface area contributed by atoms with Gasteiger partial charge in [0.1, 0.15) is 4.66 Å². The van der Waals surface area contributed by atoms with Crippen LogP contribution in [0.25, 0.3) is 0 Å². The van der Waals surface area contributed by atoms with Gasteiger partial charge in [-0.3, -0.25) is 9.03 Å². The van der Waals surface area contributed by atoms with Gasteiger partial charge in [-0.1, -0.05) is 15.9 Å². The van der Waals surface area contributed by atoms with Gasteiger partial charge in [0.2, 0.25) is 20.0 Å². The van der Waals surface area contributed by atoms with Gasteiger partial charge in [-0.25, -0.2) is 16.8 Å². The van der Waals surface area contributed by atoms with E-state index in [0.29, 0.717) is 29.9 Å². The Morgan fingerprint density at radius 1 is 1.40 bits per heavy atom. The van der Waals surface area contributed by atoms with Crippen LogP contribution in [0.2, 0.25) is 0 Å². The molecule has 1 fully saturated rings. The average Bonchev–Trinajstić information content (AvgIpc) is 2.71. The van der Waals surface area contributed by atoms with E-state index in [-0.39, 0.29) is 10.4 Å². The van der Waals surface area contributed by atoms with E-state index in [1.165, 1.54) is 4.31 Å². The van der Waals surface area contributed by atoms with Crippen LogP contribution in [0.4, 0.5) is 11.4 Å². The molecule has 1 heterocycles. The predicted octanol–water partition coefficient (Wildman–Crippen LogP) is 1.63. The second-order valence-electron chi connectivity index (χ2n) is 4.57. The number of sulfonamides is 2. The first-order chi connectivity index (χ1) is 9.25. The zero-order valence-corrected chi connectivity index (χ0v) is 14.1. The number of nitrogens with one attached hydrogen (secondary N) is 1. The van der Waals surface area contributed by atoms with Crippen LogP contribution in [0.5, 0.6) is 0 Å². The monoisotopic (exact) mass is 382 g/mol. The summed E-state index contributed by atoms with van der Waals surface area (Å²) in [7, 11) is -6.64.